The van der Waals surface area contributed by atoms with Crippen LogP contribution in [0.1, 0.15) is 22.8 Å². The van der Waals surface area contributed by atoms with Crippen molar-refractivity contribution in [2.24, 2.45) is 0 Å². The number of anilines is 2. The van der Waals surface area contributed by atoms with Gasteiger partial charge >= 0.3 is 0 Å². The first-order valence-electron chi connectivity index (χ1n) is 12.4. The summed E-state index contributed by atoms with van der Waals surface area (Å²) in [6.45, 7) is 1.72. The lowest BCUT2D eigenvalue weighted by Crippen LogP contribution is -2.30. The van der Waals surface area contributed by atoms with Gasteiger partial charge in [-0.25, -0.2) is 4.39 Å². The molecular formula is C31H24Cl2FN3O3S. The van der Waals surface area contributed by atoms with E-state index in [1.54, 1.807) is 85.8 Å². The Morgan fingerprint density at radius 3 is 2.29 bits per heavy atom. The molecule has 0 aliphatic heterocycles. The van der Waals surface area contributed by atoms with Gasteiger partial charge in [-0.15, -0.1) is 11.8 Å². The standard InChI is InChI=1S/C31H24Cl2FN3O3S/c1-19(29(38)35-24-13-14-27(34)26(33)18-24)41-25-12-6-11-23(17-25)36-31(40)28(16-20-7-5-10-22(32)15-20)37-30(39)21-8-3-2-4-9-21/h2-19H,1H3,(H,35,38)(H,36,40)(H,37,39)/b28-16-. The lowest BCUT2D eigenvalue weighted by atomic mass is 10.1. The SMILES string of the molecule is CC(Sc1cccc(NC(=O)/C(=C/c2cccc(Cl)c2)NC(=O)c2ccccc2)c1)C(=O)Nc1ccc(F)c(Cl)c1. The van der Waals surface area contributed by atoms with E-state index < -0.39 is 22.9 Å². The maximum atomic E-state index is 13.4. The number of thioether (sulfide) groups is 1. The maximum Gasteiger partial charge on any atom is 0.272 e. The minimum absolute atomic E-state index is 0.0184. The number of halogens is 3. The summed E-state index contributed by atoms with van der Waals surface area (Å²) in [5.41, 5.74) is 1.88. The van der Waals surface area contributed by atoms with Crippen molar-refractivity contribution in [1.29, 1.82) is 0 Å². The highest BCUT2D eigenvalue weighted by molar-refractivity contribution is 8.00. The van der Waals surface area contributed by atoms with Gasteiger partial charge in [0.15, 0.2) is 0 Å². The van der Waals surface area contributed by atoms with Gasteiger partial charge in [0.25, 0.3) is 11.8 Å². The van der Waals surface area contributed by atoms with E-state index in [9.17, 15) is 18.8 Å². The van der Waals surface area contributed by atoms with Crippen LogP contribution in [0.2, 0.25) is 10.0 Å². The molecule has 0 aliphatic rings. The van der Waals surface area contributed by atoms with Gasteiger partial charge in [0.1, 0.15) is 11.5 Å². The second-order valence-corrected chi connectivity index (χ2v) is 11.1. The molecule has 1 unspecified atom stereocenters. The fourth-order valence-corrected chi connectivity index (χ4v) is 4.93. The van der Waals surface area contributed by atoms with Crippen LogP contribution in [0.25, 0.3) is 6.08 Å². The van der Waals surface area contributed by atoms with Crippen LogP contribution < -0.4 is 16.0 Å². The number of carbonyl (C=O) groups is 3. The molecular weight excluding hydrogens is 584 g/mol. The van der Waals surface area contributed by atoms with E-state index in [0.29, 0.717) is 27.5 Å². The lowest BCUT2D eigenvalue weighted by Gasteiger charge is -2.14. The van der Waals surface area contributed by atoms with Crippen molar-refractivity contribution in [3.05, 3.63) is 130 Å². The summed E-state index contributed by atoms with van der Waals surface area (Å²) in [5, 5.41) is 8.09. The predicted octanol–water partition coefficient (Wildman–Crippen LogP) is 7.66. The fourth-order valence-electron chi connectivity index (χ4n) is 3.63. The zero-order valence-electron chi connectivity index (χ0n) is 21.7. The Morgan fingerprint density at radius 2 is 1.56 bits per heavy atom. The third-order valence-corrected chi connectivity index (χ3v) is 7.27. The summed E-state index contributed by atoms with van der Waals surface area (Å²) in [6, 6.07) is 26.3. The Kier molecular flexibility index (Phi) is 10.2. The van der Waals surface area contributed by atoms with Crippen LogP contribution in [0.4, 0.5) is 15.8 Å². The lowest BCUT2D eigenvalue weighted by molar-refractivity contribution is -0.115. The quantitative estimate of drug-likeness (QED) is 0.135. The van der Waals surface area contributed by atoms with Crippen molar-refractivity contribution in [1.82, 2.24) is 5.32 Å². The molecule has 0 saturated heterocycles. The number of hydrogen-bond acceptors (Lipinski definition) is 4. The second-order valence-electron chi connectivity index (χ2n) is 8.79. The molecule has 6 nitrogen and oxygen atoms in total. The zero-order chi connectivity index (χ0) is 29.4. The summed E-state index contributed by atoms with van der Waals surface area (Å²) in [7, 11) is 0. The van der Waals surface area contributed by atoms with E-state index in [4.69, 9.17) is 23.2 Å². The van der Waals surface area contributed by atoms with Gasteiger partial charge in [0, 0.05) is 26.9 Å². The average Bonchev–Trinajstić information content (AvgIpc) is 2.95. The molecule has 4 aromatic rings. The number of rotatable bonds is 9. The molecule has 3 amide bonds. The maximum absolute atomic E-state index is 13.4. The highest BCUT2D eigenvalue weighted by atomic mass is 35.5. The van der Waals surface area contributed by atoms with Crippen LogP contribution in [-0.4, -0.2) is 23.0 Å². The molecule has 4 rings (SSSR count). The van der Waals surface area contributed by atoms with Crippen LogP contribution in [0.3, 0.4) is 0 Å². The molecule has 0 fully saturated rings. The Bertz CT molecular complexity index is 1620. The Labute approximate surface area is 250 Å². The zero-order valence-corrected chi connectivity index (χ0v) is 24.0. The molecule has 0 aliphatic carbocycles. The van der Waals surface area contributed by atoms with E-state index in [1.165, 1.54) is 36.0 Å². The number of carbonyl (C=O) groups excluding carboxylic acids is 3. The topological polar surface area (TPSA) is 87.3 Å². The number of benzene rings is 4. The van der Waals surface area contributed by atoms with Crippen LogP contribution >= 0.6 is 35.0 Å². The molecule has 0 aromatic heterocycles. The molecule has 3 N–H and O–H groups in total. The van der Waals surface area contributed by atoms with E-state index in [2.05, 4.69) is 16.0 Å². The molecule has 0 bridgehead atoms. The second kappa shape index (κ2) is 14.0. The first kappa shape index (κ1) is 29.9. The molecule has 0 heterocycles. The smallest absolute Gasteiger partial charge is 0.272 e. The van der Waals surface area contributed by atoms with Crippen molar-refractivity contribution in [3.63, 3.8) is 0 Å². The van der Waals surface area contributed by atoms with Gasteiger partial charge in [-0.3, -0.25) is 14.4 Å². The van der Waals surface area contributed by atoms with Gasteiger partial charge in [-0.05, 0) is 79.2 Å². The van der Waals surface area contributed by atoms with E-state index in [-0.39, 0.29) is 16.6 Å². The van der Waals surface area contributed by atoms with Crippen LogP contribution in [0, 0.1) is 5.82 Å². The van der Waals surface area contributed by atoms with Gasteiger partial charge in [0.05, 0.1) is 10.3 Å². The van der Waals surface area contributed by atoms with Gasteiger partial charge < -0.3 is 16.0 Å². The molecule has 4 aromatic carbocycles. The molecule has 41 heavy (non-hydrogen) atoms. The van der Waals surface area contributed by atoms with Crippen molar-refractivity contribution >= 4 is 70.1 Å². The summed E-state index contributed by atoms with van der Waals surface area (Å²) in [6.07, 6.45) is 1.54. The minimum Gasteiger partial charge on any atom is -0.325 e. The summed E-state index contributed by atoms with van der Waals surface area (Å²) >= 11 is 13.2. The number of hydrogen-bond donors (Lipinski definition) is 3. The van der Waals surface area contributed by atoms with Crippen LogP contribution in [0.5, 0.6) is 0 Å². The number of amides is 3. The predicted molar refractivity (Wildman–Crippen MR) is 164 cm³/mol. The average molecular weight is 609 g/mol. The van der Waals surface area contributed by atoms with Crippen molar-refractivity contribution in [3.8, 4) is 0 Å². The van der Waals surface area contributed by atoms with E-state index in [0.717, 1.165) is 4.90 Å². The Morgan fingerprint density at radius 1 is 0.829 bits per heavy atom. The van der Waals surface area contributed by atoms with Crippen molar-refractivity contribution in [2.45, 2.75) is 17.1 Å². The van der Waals surface area contributed by atoms with Crippen molar-refractivity contribution < 1.29 is 18.8 Å². The third kappa shape index (κ3) is 8.69. The first-order valence-corrected chi connectivity index (χ1v) is 14.0. The van der Waals surface area contributed by atoms with Gasteiger partial charge in [-0.2, -0.15) is 0 Å². The summed E-state index contributed by atoms with van der Waals surface area (Å²) < 4.78 is 13.4. The Hall–Kier alpha value is -4.11. The van der Waals surface area contributed by atoms with Gasteiger partial charge in [-0.1, -0.05) is 59.6 Å². The highest BCUT2D eigenvalue weighted by Gasteiger charge is 2.18. The monoisotopic (exact) mass is 607 g/mol. The van der Waals surface area contributed by atoms with Crippen LogP contribution in [0.15, 0.2) is 108 Å². The molecule has 208 valence electrons. The third-order valence-electron chi connectivity index (χ3n) is 5.65. The fraction of sp³-hybridized carbons (Fsp3) is 0.0645. The van der Waals surface area contributed by atoms with E-state index >= 15 is 0 Å². The largest absolute Gasteiger partial charge is 0.325 e. The first-order chi connectivity index (χ1) is 19.7. The number of nitrogens with one attached hydrogen (secondary N) is 3. The van der Waals surface area contributed by atoms with Gasteiger partial charge in [0.2, 0.25) is 5.91 Å². The molecule has 10 heteroatoms. The Balaban J connectivity index is 1.47. The summed E-state index contributed by atoms with van der Waals surface area (Å²) in [4.78, 5) is 39.6. The highest BCUT2D eigenvalue weighted by Crippen LogP contribution is 2.27. The molecule has 1 atom stereocenters. The van der Waals surface area contributed by atoms with E-state index in [1.807, 2.05) is 0 Å². The molecule has 0 saturated carbocycles. The molecule has 0 radical (unpaired) electrons. The normalized spacial score (nSPS) is 11.9. The molecule has 0 spiro atoms. The summed E-state index contributed by atoms with van der Waals surface area (Å²) in [5.74, 6) is -1.87. The van der Waals surface area contributed by atoms with Crippen LogP contribution in [-0.2, 0) is 9.59 Å². The van der Waals surface area contributed by atoms with Crippen molar-refractivity contribution in [2.75, 3.05) is 10.6 Å². The minimum atomic E-state index is -0.573.